The number of benzene rings is 2. The first-order valence-corrected chi connectivity index (χ1v) is 11.7. The van der Waals surface area contributed by atoms with Gasteiger partial charge in [-0.25, -0.2) is 4.79 Å². The Kier molecular flexibility index (Phi) is 6.30. The van der Waals surface area contributed by atoms with Crippen molar-refractivity contribution in [3.63, 3.8) is 0 Å². The largest absolute Gasteiger partial charge is 0.497 e. The van der Waals surface area contributed by atoms with Gasteiger partial charge < -0.3 is 29.4 Å². The van der Waals surface area contributed by atoms with Crippen LogP contribution in [0.2, 0.25) is 0 Å². The number of carboxylic acid groups (broad SMARTS) is 1. The smallest absolute Gasteiger partial charge is 0.335 e. The van der Waals surface area contributed by atoms with Crippen LogP contribution in [0.5, 0.6) is 11.5 Å². The predicted molar refractivity (Wildman–Crippen MR) is 140 cm³/mol. The quantitative estimate of drug-likeness (QED) is 0.351. The van der Waals surface area contributed by atoms with Crippen molar-refractivity contribution in [2.24, 2.45) is 0 Å². The third kappa shape index (κ3) is 4.14. The van der Waals surface area contributed by atoms with Crippen molar-refractivity contribution < 1.29 is 19.4 Å². The molecule has 2 atom stereocenters. The average molecular weight is 501 g/mol. The summed E-state index contributed by atoms with van der Waals surface area (Å²) in [6.45, 7) is 0. The molecule has 0 amide bonds. The lowest BCUT2D eigenvalue weighted by molar-refractivity contribution is 0.0697. The summed E-state index contributed by atoms with van der Waals surface area (Å²) < 4.78 is 13.1. The van der Waals surface area contributed by atoms with Crippen LogP contribution in [0.1, 0.15) is 33.8 Å². The third-order valence-corrected chi connectivity index (χ3v) is 6.53. The lowest BCUT2D eigenvalue weighted by Gasteiger charge is -2.30. The Morgan fingerprint density at radius 3 is 2.50 bits per heavy atom. The van der Waals surface area contributed by atoms with E-state index in [1.807, 2.05) is 64.2 Å². The number of aromatic carboxylic acids is 1. The minimum Gasteiger partial charge on any atom is -0.497 e. The van der Waals surface area contributed by atoms with Crippen molar-refractivity contribution in [2.75, 3.05) is 19.1 Å². The number of carboxylic acids is 1. The molecule has 2 N–H and O–H groups in total. The van der Waals surface area contributed by atoms with Gasteiger partial charge in [0, 0.05) is 29.8 Å². The number of nitrogens with one attached hydrogen (secondary N) is 1. The highest BCUT2D eigenvalue weighted by atomic mass is 32.1. The van der Waals surface area contributed by atoms with Gasteiger partial charge in [-0.3, -0.25) is 4.98 Å². The van der Waals surface area contributed by atoms with Crippen LogP contribution in [0.3, 0.4) is 0 Å². The maximum Gasteiger partial charge on any atom is 0.335 e. The summed E-state index contributed by atoms with van der Waals surface area (Å²) in [5.41, 5.74) is 3.63. The van der Waals surface area contributed by atoms with Crippen LogP contribution in [0, 0.1) is 0 Å². The molecule has 0 radical (unpaired) electrons. The van der Waals surface area contributed by atoms with Crippen molar-refractivity contribution >= 4 is 29.0 Å². The van der Waals surface area contributed by atoms with Gasteiger partial charge in [-0.2, -0.15) is 0 Å². The normalized spacial score (nSPS) is 17.1. The van der Waals surface area contributed by atoms with Crippen molar-refractivity contribution in [3.05, 3.63) is 102 Å². The average Bonchev–Trinajstić information content (AvgIpc) is 3.53. The van der Waals surface area contributed by atoms with Gasteiger partial charge in [0.2, 0.25) is 0 Å². The zero-order valence-corrected chi connectivity index (χ0v) is 20.5. The Labute approximate surface area is 213 Å². The van der Waals surface area contributed by atoms with E-state index in [1.165, 1.54) is 0 Å². The molecule has 0 bridgehead atoms. The first kappa shape index (κ1) is 23.4. The van der Waals surface area contributed by atoms with E-state index in [1.54, 1.807) is 44.7 Å². The van der Waals surface area contributed by atoms with Crippen molar-refractivity contribution in [2.45, 2.75) is 12.1 Å². The molecule has 1 aliphatic heterocycles. The van der Waals surface area contributed by atoms with Gasteiger partial charge >= 0.3 is 5.97 Å². The van der Waals surface area contributed by atoms with E-state index in [2.05, 4.69) is 10.3 Å². The highest BCUT2D eigenvalue weighted by Crippen LogP contribution is 2.45. The molecule has 3 heterocycles. The van der Waals surface area contributed by atoms with E-state index in [4.69, 9.17) is 21.7 Å². The maximum atomic E-state index is 11.4. The van der Waals surface area contributed by atoms with E-state index in [-0.39, 0.29) is 17.6 Å². The number of nitrogens with zero attached hydrogens (tertiary/aromatic N) is 3. The Balaban J connectivity index is 1.66. The Morgan fingerprint density at radius 1 is 1.03 bits per heavy atom. The fourth-order valence-corrected chi connectivity index (χ4v) is 4.87. The second-order valence-corrected chi connectivity index (χ2v) is 8.58. The molecule has 5 rings (SSSR count). The summed E-state index contributed by atoms with van der Waals surface area (Å²) in [5, 5.41) is 13.3. The zero-order valence-electron chi connectivity index (χ0n) is 19.7. The summed E-state index contributed by atoms with van der Waals surface area (Å²) in [5.74, 6) is 0.329. The molecule has 8 nitrogen and oxygen atoms in total. The summed E-state index contributed by atoms with van der Waals surface area (Å²) in [6, 6.07) is 21.6. The van der Waals surface area contributed by atoms with Crippen LogP contribution >= 0.6 is 12.2 Å². The number of hydrogen-bond acceptors (Lipinski definition) is 5. The van der Waals surface area contributed by atoms with Crippen LogP contribution in [-0.2, 0) is 0 Å². The molecule has 2 unspecified atom stereocenters. The number of pyridine rings is 1. The number of carbonyl (C=O) groups is 1. The second kappa shape index (κ2) is 9.71. The number of thiocarbonyl (C=S) groups is 1. The number of rotatable bonds is 7. The fraction of sp³-hybridized carbons (Fsp3) is 0.148. The lowest BCUT2D eigenvalue weighted by Crippen LogP contribution is -2.30. The molecule has 4 aromatic rings. The molecule has 182 valence electrons. The number of anilines is 1. The molecule has 0 aliphatic carbocycles. The molecular weight excluding hydrogens is 476 g/mol. The molecule has 2 aromatic heterocycles. The van der Waals surface area contributed by atoms with Gasteiger partial charge in [-0.1, -0.05) is 6.07 Å². The van der Waals surface area contributed by atoms with Crippen LogP contribution < -0.4 is 19.7 Å². The third-order valence-electron chi connectivity index (χ3n) is 6.22. The Bertz CT molecular complexity index is 1410. The van der Waals surface area contributed by atoms with Crippen molar-refractivity contribution in [1.82, 2.24) is 14.9 Å². The Morgan fingerprint density at radius 2 is 1.83 bits per heavy atom. The number of ether oxygens (including phenoxy) is 2. The molecule has 0 spiro atoms. The van der Waals surface area contributed by atoms with E-state index in [0.717, 1.165) is 22.8 Å². The Hall–Kier alpha value is -4.37. The van der Waals surface area contributed by atoms with Gasteiger partial charge in [0.05, 0.1) is 37.2 Å². The lowest BCUT2D eigenvalue weighted by atomic mass is 10.0. The van der Waals surface area contributed by atoms with E-state index < -0.39 is 5.97 Å². The molecule has 0 saturated carbocycles. The maximum absolute atomic E-state index is 11.4. The van der Waals surface area contributed by atoms with Crippen LogP contribution in [-0.4, -0.2) is 40.0 Å². The first-order chi connectivity index (χ1) is 17.5. The standard InChI is InChI=1S/C27H24N4O4S/c1-34-19-12-13-21(23(16-19)35-2)31-25(24(29-27(31)36)20-6-3-4-14-28-20)22-7-5-15-30(22)18-10-8-17(9-11-18)26(32)33/h3-16,24-25H,1-2H3,(H,29,36)(H,32,33). The highest BCUT2D eigenvalue weighted by molar-refractivity contribution is 7.80. The van der Waals surface area contributed by atoms with E-state index in [0.29, 0.717) is 16.6 Å². The molecule has 2 aromatic carbocycles. The fourth-order valence-electron chi connectivity index (χ4n) is 4.53. The van der Waals surface area contributed by atoms with Gasteiger partial charge in [-0.05, 0) is 72.9 Å². The minimum atomic E-state index is -0.965. The van der Waals surface area contributed by atoms with Crippen molar-refractivity contribution in [1.29, 1.82) is 0 Å². The SMILES string of the molecule is COc1ccc(N2C(=S)NC(c3ccccn3)C2c2cccn2-c2ccc(C(=O)O)cc2)c(OC)c1. The highest BCUT2D eigenvalue weighted by Gasteiger charge is 2.43. The monoisotopic (exact) mass is 500 g/mol. The van der Waals surface area contributed by atoms with Crippen LogP contribution in [0.25, 0.3) is 5.69 Å². The van der Waals surface area contributed by atoms with Crippen LogP contribution in [0.4, 0.5) is 5.69 Å². The van der Waals surface area contributed by atoms with Crippen molar-refractivity contribution in [3.8, 4) is 17.2 Å². The molecule has 9 heteroatoms. The van der Waals surface area contributed by atoms with E-state index >= 15 is 0 Å². The molecule has 1 aliphatic rings. The summed E-state index contributed by atoms with van der Waals surface area (Å²) in [4.78, 5) is 18.0. The van der Waals surface area contributed by atoms with E-state index in [9.17, 15) is 9.90 Å². The summed E-state index contributed by atoms with van der Waals surface area (Å²) in [6.07, 6.45) is 3.71. The van der Waals surface area contributed by atoms with Gasteiger partial charge in [0.25, 0.3) is 0 Å². The number of hydrogen-bond donors (Lipinski definition) is 2. The minimum absolute atomic E-state index is 0.229. The number of methoxy groups -OCH3 is 2. The second-order valence-electron chi connectivity index (χ2n) is 8.19. The zero-order chi connectivity index (χ0) is 25.2. The molecule has 1 saturated heterocycles. The molecule has 1 fully saturated rings. The van der Waals surface area contributed by atoms with Crippen LogP contribution in [0.15, 0.2) is 85.2 Å². The van der Waals surface area contributed by atoms with Gasteiger partial charge in [-0.15, -0.1) is 0 Å². The predicted octanol–water partition coefficient (Wildman–Crippen LogP) is 4.76. The number of aromatic nitrogens is 2. The van der Waals surface area contributed by atoms with Gasteiger partial charge in [0.15, 0.2) is 5.11 Å². The molecular formula is C27H24N4O4S. The first-order valence-electron chi connectivity index (χ1n) is 11.3. The van der Waals surface area contributed by atoms with Gasteiger partial charge in [0.1, 0.15) is 17.5 Å². The summed E-state index contributed by atoms with van der Waals surface area (Å²) >= 11 is 5.85. The summed E-state index contributed by atoms with van der Waals surface area (Å²) in [7, 11) is 3.22. The molecule has 36 heavy (non-hydrogen) atoms. The topological polar surface area (TPSA) is 88.9 Å².